The Hall–Kier alpha value is -1.51. The van der Waals surface area contributed by atoms with E-state index in [2.05, 4.69) is 11.8 Å². The number of hydrogen-bond donors (Lipinski definition) is 2. The zero-order valence-corrected chi connectivity index (χ0v) is 12.6. The molecule has 0 aromatic heterocycles. The molecule has 0 fully saturated rings. The first-order valence-corrected chi connectivity index (χ1v) is 6.62. The molecule has 3 nitrogen and oxygen atoms in total. The highest BCUT2D eigenvalue weighted by molar-refractivity contribution is 5.99. The minimum atomic E-state index is -2.93. The van der Waals surface area contributed by atoms with Crippen molar-refractivity contribution in [3.05, 3.63) is 22.8 Å². The van der Waals surface area contributed by atoms with E-state index in [1.165, 1.54) is 13.0 Å². The molecule has 0 aromatic carbocycles. The van der Waals surface area contributed by atoms with Crippen molar-refractivity contribution in [3.63, 3.8) is 0 Å². The van der Waals surface area contributed by atoms with Gasteiger partial charge in [-0.1, -0.05) is 25.7 Å². The highest BCUT2D eigenvalue weighted by Crippen LogP contribution is 2.46. The van der Waals surface area contributed by atoms with Gasteiger partial charge < -0.3 is 10.2 Å². The van der Waals surface area contributed by atoms with Crippen LogP contribution in [0.25, 0.3) is 0 Å². The Morgan fingerprint density at radius 2 is 2.05 bits per heavy atom. The van der Waals surface area contributed by atoms with Crippen LogP contribution < -0.4 is 0 Å². The molecular weight excluding hydrogens is 278 g/mol. The number of hydrogen-bond acceptors (Lipinski definition) is 3. The molecule has 1 aliphatic carbocycles. The van der Waals surface area contributed by atoms with Gasteiger partial charge in [-0.15, -0.1) is 0 Å². The largest absolute Gasteiger partial charge is 0.392 e. The summed E-state index contributed by atoms with van der Waals surface area (Å²) >= 11 is 0. The molecule has 0 aromatic rings. The molecule has 5 heteroatoms. The zero-order valence-electron chi connectivity index (χ0n) is 12.6. The Balaban J connectivity index is 3.47. The number of alkyl halides is 2. The molecule has 0 radical (unpaired) electrons. The first-order chi connectivity index (χ1) is 9.56. The van der Waals surface area contributed by atoms with Crippen LogP contribution >= 0.6 is 0 Å². The number of Topliss-reactive ketones (excluding diaryl/α,β-unsaturated/α-hetero) is 1. The maximum absolute atomic E-state index is 13.1. The Kier molecular flexibility index (Phi) is 5.08. The molecule has 0 heterocycles. The van der Waals surface area contributed by atoms with E-state index in [0.717, 1.165) is 0 Å². The van der Waals surface area contributed by atoms with Gasteiger partial charge in [-0.25, -0.2) is 8.78 Å². The van der Waals surface area contributed by atoms with Crippen molar-refractivity contribution in [3.8, 4) is 11.8 Å². The predicted octanol–water partition coefficient (Wildman–Crippen LogP) is 2.24. The molecule has 1 unspecified atom stereocenters. The van der Waals surface area contributed by atoms with E-state index in [1.807, 2.05) is 0 Å². The summed E-state index contributed by atoms with van der Waals surface area (Å²) < 4.78 is 26.1. The number of carbonyl (C=O) groups is 1. The monoisotopic (exact) mass is 298 g/mol. The third-order valence-corrected chi connectivity index (χ3v) is 3.89. The van der Waals surface area contributed by atoms with Gasteiger partial charge >= 0.3 is 0 Å². The lowest BCUT2D eigenvalue weighted by molar-refractivity contribution is -0.124. The average Bonchev–Trinajstić information content (AvgIpc) is 2.33. The van der Waals surface area contributed by atoms with Crippen LogP contribution in [-0.4, -0.2) is 34.6 Å². The lowest BCUT2D eigenvalue weighted by atomic mass is 9.63. The molecule has 0 saturated heterocycles. The van der Waals surface area contributed by atoms with Gasteiger partial charge in [-0.3, -0.25) is 4.79 Å². The highest BCUT2D eigenvalue weighted by Gasteiger charge is 2.51. The molecule has 0 aliphatic heterocycles. The van der Waals surface area contributed by atoms with Crippen LogP contribution in [0.4, 0.5) is 8.78 Å². The summed E-state index contributed by atoms with van der Waals surface area (Å²) in [7, 11) is 0. The van der Waals surface area contributed by atoms with Gasteiger partial charge in [0.1, 0.15) is 0 Å². The van der Waals surface area contributed by atoms with Crippen LogP contribution in [0.3, 0.4) is 0 Å². The second-order valence-electron chi connectivity index (χ2n) is 5.85. The van der Waals surface area contributed by atoms with Crippen LogP contribution in [0.1, 0.15) is 34.1 Å². The topological polar surface area (TPSA) is 57.5 Å². The summed E-state index contributed by atoms with van der Waals surface area (Å²) in [6, 6.07) is 0. The fraction of sp³-hybridized carbons (Fsp3) is 0.562. The van der Waals surface area contributed by atoms with Crippen molar-refractivity contribution in [2.75, 3.05) is 6.61 Å². The minimum Gasteiger partial charge on any atom is -0.392 e. The second kappa shape index (κ2) is 6.08. The highest BCUT2D eigenvalue weighted by atomic mass is 19.3. The fourth-order valence-corrected chi connectivity index (χ4v) is 2.46. The van der Waals surface area contributed by atoms with Crippen LogP contribution in [0, 0.1) is 17.3 Å². The summed E-state index contributed by atoms with van der Waals surface area (Å²) in [6.45, 7) is 6.01. The molecule has 1 rings (SSSR count). The van der Waals surface area contributed by atoms with Crippen LogP contribution in [0.15, 0.2) is 22.8 Å². The van der Waals surface area contributed by atoms with Crippen molar-refractivity contribution >= 4 is 5.78 Å². The third kappa shape index (κ3) is 3.22. The first kappa shape index (κ1) is 17.5. The zero-order chi connectivity index (χ0) is 16.4. The van der Waals surface area contributed by atoms with Crippen molar-refractivity contribution in [1.29, 1.82) is 0 Å². The Morgan fingerprint density at radius 3 is 2.52 bits per heavy atom. The number of aliphatic hydroxyl groups excluding tert-OH is 1. The summed E-state index contributed by atoms with van der Waals surface area (Å²) in [5.74, 6) is 4.62. The van der Waals surface area contributed by atoms with Gasteiger partial charge in [0.2, 0.25) is 0 Å². The quantitative estimate of drug-likeness (QED) is 0.769. The number of aliphatic hydroxyl groups is 2. The van der Waals surface area contributed by atoms with E-state index in [9.17, 15) is 18.7 Å². The average molecular weight is 298 g/mol. The standard InChI is InChI=1S/C16H20F2O3/c1-10(6-8-19)5-7-16(21)11(2)13(14(17)18)12(20)9-15(16,3)4/h6,14,19,21H,8-9H2,1-4H3. The van der Waals surface area contributed by atoms with E-state index in [0.29, 0.717) is 5.57 Å². The van der Waals surface area contributed by atoms with Gasteiger partial charge in [0, 0.05) is 11.8 Å². The van der Waals surface area contributed by atoms with E-state index in [-0.39, 0.29) is 18.6 Å². The number of allylic oxidation sites excluding steroid dienone is 2. The SMILES string of the molecule is CC(C#CC1(O)C(C)=C(C(F)F)C(=O)CC1(C)C)=CCO. The molecule has 0 bridgehead atoms. The summed E-state index contributed by atoms with van der Waals surface area (Å²) in [6.07, 6.45) is -1.68. The molecule has 21 heavy (non-hydrogen) atoms. The Morgan fingerprint density at radius 1 is 1.48 bits per heavy atom. The first-order valence-electron chi connectivity index (χ1n) is 6.62. The van der Waals surface area contributed by atoms with Crippen LogP contribution in [-0.2, 0) is 4.79 Å². The van der Waals surface area contributed by atoms with E-state index < -0.39 is 28.8 Å². The molecule has 116 valence electrons. The summed E-state index contributed by atoms with van der Waals surface area (Å²) in [4.78, 5) is 11.8. The van der Waals surface area contributed by atoms with E-state index in [1.54, 1.807) is 20.8 Å². The van der Waals surface area contributed by atoms with Crippen LogP contribution in [0.2, 0.25) is 0 Å². The van der Waals surface area contributed by atoms with Crippen molar-refractivity contribution < 1.29 is 23.8 Å². The third-order valence-electron chi connectivity index (χ3n) is 3.89. The van der Waals surface area contributed by atoms with Gasteiger partial charge in [0.15, 0.2) is 11.4 Å². The molecule has 0 saturated carbocycles. The Labute approximate surface area is 123 Å². The number of halogens is 2. The summed E-state index contributed by atoms with van der Waals surface area (Å²) in [5.41, 5.74) is -3.00. The van der Waals surface area contributed by atoms with Gasteiger partial charge in [0.25, 0.3) is 6.43 Å². The lowest BCUT2D eigenvalue weighted by Gasteiger charge is -2.43. The van der Waals surface area contributed by atoms with E-state index in [4.69, 9.17) is 5.11 Å². The van der Waals surface area contributed by atoms with Crippen molar-refractivity contribution in [2.45, 2.75) is 46.1 Å². The molecule has 1 atom stereocenters. The lowest BCUT2D eigenvalue weighted by Crippen LogP contribution is -2.50. The predicted molar refractivity (Wildman–Crippen MR) is 75.7 cm³/mol. The summed E-state index contributed by atoms with van der Waals surface area (Å²) in [5, 5.41) is 19.6. The molecule has 1 aliphatic rings. The normalized spacial score (nSPS) is 26.0. The molecule has 0 spiro atoms. The fourth-order valence-electron chi connectivity index (χ4n) is 2.46. The van der Waals surface area contributed by atoms with Crippen LogP contribution in [0.5, 0.6) is 0 Å². The van der Waals surface area contributed by atoms with E-state index >= 15 is 0 Å². The molecule has 2 N–H and O–H groups in total. The number of ketones is 1. The number of rotatable bonds is 2. The van der Waals surface area contributed by atoms with Gasteiger partial charge in [0.05, 0.1) is 12.2 Å². The maximum Gasteiger partial charge on any atom is 0.267 e. The number of carbonyl (C=O) groups excluding carboxylic acids is 1. The van der Waals surface area contributed by atoms with Gasteiger partial charge in [-0.05, 0) is 31.1 Å². The van der Waals surface area contributed by atoms with Crippen molar-refractivity contribution in [1.82, 2.24) is 0 Å². The molecule has 0 amide bonds. The Bertz CT molecular complexity index is 562. The minimum absolute atomic E-state index is 0.0944. The van der Waals surface area contributed by atoms with Crippen molar-refractivity contribution in [2.24, 2.45) is 5.41 Å². The van der Waals surface area contributed by atoms with Gasteiger partial charge in [-0.2, -0.15) is 0 Å². The molecular formula is C16H20F2O3. The second-order valence-corrected chi connectivity index (χ2v) is 5.85. The maximum atomic E-state index is 13.1. The smallest absolute Gasteiger partial charge is 0.267 e.